The van der Waals surface area contributed by atoms with Gasteiger partial charge in [-0.15, -0.1) is 0 Å². The molecular weight excluding hydrogens is 326 g/mol. The number of hydrogen-bond donors (Lipinski definition) is 2. The van der Waals surface area contributed by atoms with E-state index in [1.807, 2.05) is 56.3 Å². The van der Waals surface area contributed by atoms with Crippen molar-refractivity contribution in [1.29, 1.82) is 0 Å². The first-order valence-corrected chi connectivity index (χ1v) is 8.23. The maximum absolute atomic E-state index is 10.00. The molecule has 2 aromatic carbocycles. The zero-order valence-electron chi connectivity index (χ0n) is 15.0. The third-order valence-electron chi connectivity index (χ3n) is 3.80. The van der Waals surface area contributed by atoms with Gasteiger partial charge in [-0.05, 0) is 36.8 Å². The Balaban J connectivity index is 1.77. The molecular formula is C20H21N5O. The Kier molecular flexibility index (Phi) is 5.12. The number of hydrazone groups is 1. The third-order valence-corrected chi connectivity index (χ3v) is 3.80. The summed E-state index contributed by atoms with van der Waals surface area (Å²) in [6.07, 6.45) is 1.73. The number of phenolic OH excluding ortho intramolecular Hbond substituents is 1. The van der Waals surface area contributed by atoms with E-state index in [1.54, 1.807) is 30.5 Å². The van der Waals surface area contributed by atoms with Gasteiger partial charge in [0.2, 0.25) is 0 Å². The SMILES string of the molecule is Cc1cc(N/N=C\c2ccc(N(C)C)cc2)nc(-c2ccccc2O)n1. The fraction of sp³-hybridized carbons (Fsp3) is 0.150. The zero-order valence-corrected chi connectivity index (χ0v) is 15.0. The summed E-state index contributed by atoms with van der Waals surface area (Å²) in [6.45, 7) is 1.88. The van der Waals surface area contributed by atoms with Crippen LogP contribution in [0.4, 0.5) is 11.5 Å². The van der Waals surface area contributed by atoms with Crippen molar-refractivity contribution in [3.63, 3.8) is 0 Å². The second kappa shape index (κ2) is 7.65. The van der Waals surface area contributed by atoms with Gasteiger partial charge in [0.1, 0.15) is 5.75 Å². The normalized spacial score (nSPS) is 10.9. The van der Waals surface area contributed by atoms with Gasteiger partial charge in [-0.25, -0.2) is 9.97 Å². The van der Waals surface area contributed by atoms with Crippen molar-refractivity contribution >= 4 is 17.7 Å². The molecule has 132 valence electrons. The molecule has 0 fully saturated rings. The molecule has 0 saturated carbocycles. The Morgan fingerprint density at radius 3 is 2.46 bits per heavy atom. The Labute approximate surface area is 152 Å². The average molecular weight is 347 g/mol. The van der Waals surface area contributed by atoms with Gasteiger partial charge < -0.3 is 10.0 Å². The number of phenols is 1. The van der Waals surface area contributed by atoms with Crippen molar-refractivity contribution in [1.82, 2.24) is 9.97 Å². The fourth-order valence-corrected chi connectivity index (χ4v) is 2.44. The molecule has 0 radical (unpaired) electrons. The Morgan fingerprint density at radius 2 is 1.77 bits per heavy atom. The molecule has 0 atom stereocenters. The summed E-state index contributed by atoms with van der Waals surface area (Å²) in [4.78, 5) is 10.9. The molecule has 3 rings (SSSR count). The predicted molar refractivity (Wildman–Crippen MR) is 106 cm³/mol. The van der Waals surface area contributed by atoms with Gasteiger partial charge in [0, 0.05) is 31.5 Å². The van der Waals surface area contributed by atoms with E-state index >= 15 is 0 Å². The molecule has 26 heavy (non-hydrogen) atoms. The van der Waals surface area contributed by atoms with Crippen LogP contribution in [0.1, 0.15) is 11.3 Å². The Morgan fingerprint density at radius 1 is 1.04 bits per heavy atom. The number of anilines is 2. The number of rotatable bonds is 5. The second-order valence-electron chi connectivity index (χ2n) is 6.09. The lowest BCUT2D eigenvalue weighted by Crippen LogP contribution is -2.08. The van der Waals surface area contributed by atoms with E-state index in [9.17, 15) is 5.11 Å². The van der Waals surface area contributed by atoms with E-state index in [0.29, 0.717) is 17.2 Å². The first-order chi connectivity index (χ1) is 12.5. The molecule has 0 amide bonds. The van der Waals surface area contributed by atoms with Gasteiger partial charge in [0.05, 0.1) is 11.8 Å². The Bertz CT molecular complexity index is 920. The first kappa shape index (κ1) is 17.4. The van der Waals surface area contributed by atoms with Crippen LogP contribution in [0.5, 0.6) is 5.75 Å². The van der Waals surface area contributed by atoms with Crippen LogP contribution in [-0.4, -0.2) is 35.4 Å². The molecule has 0 bridgehead atoms. The number of hydrogen-bond acceptors (Lipinski definition) is 6. The van der Waals surface area contributed by atoms with Crippen molar-refractivity contribution < 1.29 is 5.11 Å². The van der Waals surface area contributed by atoms with E-state index in [2.05, 4.69) is 20.5 Å². The van der Waals surface area contributed by atoms with E-state index < -0.39 is 0 Å². The van der Waals surface area contributed by atoms with Crippen molar-refractivity contribution in [2.75, 3.05) is 24.4 Å². The van der Waals surface area contributed by atoms with E-state index in [1.165, 1.54) is 0 Å². The summed E-state index contributed by atoms with van der Waals surface area (Å²) in [5.74, 6) is 1.17. The van der Waals surface area contributed by atoms with Crippen LogP contribution in [-0.2, 0) is 0 Å². The lowest BCUT2D eigenvalue weighted by Gasteiger charge is -2.11. The highest BCUT2D eigenvalue weighted by molar-refractivity contribution is 5.81. The predicted octanol–water partition coefficient (Wildman–Crippen LogP) is 3.67. The second-order valence-corrected chi connectivity index (χ2v) is 6.09. The van der Waals surface area contributed by atoms with E-state index in [0.717, 1.165) is 16.9 Å². The quantitative estimate of drug-likeness (QED) is 0.544. The minimum atomic E-state index is 0.147. The van der Waals surface area contributed by atoms with Crippen LogP contribution >= 0.6 is 0 Å². The molecule has 1 aromatic heterocycles. The fourth-order valence-electron chi connectivity index (χ4n) is 2.44. The molecule has 0 saturated heterocycles. The monoisotopic (exact) mass is 347 g/mol. The number of aromatic nitrogens is 2. The smallest absolute Gasteiger partial charge is 0.165 e. The topological polar surface area (TPSA) is 73.6 Å². The number of aromatic hydroxyl groups is 1. The van der Waals surface area contributed by atoms with Gasteiger partial charge in [-0.1, -0.05) is 24.3 Å². The number of aryl methyl sites for hydroxylation is 1. The first-order valence-electron chi connectivity index (χ1n) is 8.23. The van der Waals surface area contributed by atoms with E-state index in [-0.39, 0.29) is 5.75 Å². The van der Waals surface area contributed by atoms with Crippen molar-refractivity contribution in [3.05, 3.63) is 65.9 Å². The maximum atomic E-state index is 10.00. The van der Waals surface area contributed by atoms with Crippen LogP contribution in [0, 0.1) is 6.92 Å². The van der Waals surface area contributed by atoms with Crippen LogP contribution < -0.4 is 10.3 Å². The zero-order chi connectivity index (χ0) is 18.5. The summed E-state index contributed by atoms with van der Waals surface area (Å²) in [5, 5.41) is 14.2. The molecule has 2 N–H and O–H groups in total. The molecule has 6 heteroatoms. The lowest BCUT2D eigenvalue weighted by atomic mass is 10.2. The number of nitrogens with one attached hydrogen (secondary N) is 1. The molecule has 0 aliphatic rings. The van der Waals surface area contributed by atoms with Gasteiger partial charge in [-0.2, -0.15) is 5.10 Å². The summed E-state index contributed by atoms with van der Waals surface area (Å²) in [5.41, 5.74) is 6.41. The minimum absolute atomic E-state index is 0.147. The van der Waals surface area contributed by atoms with Crippen molar-refractivity contribution in [2.45, 2.75) is 6.92 Å². The molecule has 0 spiro atoms. The summed E-state index contributed by atoms with van der Waals surface area (Å²) < 4.78 is 0. The average Bonchev–Trinajstić information content (AvgIpc) is 2.62. The molecule has 0 unspecified atom stereocenters. The summed E-state index contributed by atoms with van der Waals surface area (Å²) in [7, 11) is 4.01. The van der Waals surface area contributed by atoms with Crippen LogP contribution in [0.2, 0.25) is 0 Å². The van der Waals surface area contributed by atoms with Gasteiger partial charge in [-0.3, -0.25) is 5.43 Å². The summed E-state index contributed by atoms with van der Waals surface area (Å²) >= 11 is 0. The Hall–Kier alpha value is -3.41. The van der Waals surface area contributed by atoms with Gasteiger partial charge in [0.25, 0.3) is 0 Å². The van der Waals surface area contributed by atoms with Crippen LogP contribution in [0.3, 0.4) is 0 Å². The molecule has 6 nitrogen and oxygen atoms in total. The van der Waals surface area contributed by atoms with Gasteiger partial charge in [0.15, 0.2) is 11.6 Å². The molecule has 0 aliphatic carbocycles. The third kappa shape index (κ3) is 4.16. The maximum Gasteiger partial charge on any atom is 0.165 e. The van der Waals surface area contributed by atoms with Crippen LogP contribution in [0.15, 0.2) is 59.7 Å². The highest BCUT2D eigenvalue weighted by Gasteiger charge is 2.08. The van der Waals surface area contributed by atoms with Crippen molar-refractivity contribution in [2.24, 2.45) is 5.10 Å². The number of benzene rings is 2. The van der Waals surface area contributed by atoms with Crippen LogP contribution in [0.25, 0.3) is 11.4 Å². The highest BCUT2D eigenvalue weighted by atomic mass is 16.3. The molecule has 1 heterocycles. The minimum Gasteiger partial charge on any atom is -0.507 e. The number of para-hydroxylation sites is 1. The lowest BCUT2D eigenvalue weighted by molar-refractivity contribution is 0.477. The summed E-state index contributed by atoms with van der Waals surface area (Å²) in [6, 6.07) is 16.9. The molecule has 0 aliphatic heterocycles. The van der Waals surface area contributed by atoms with E-state index in [4.69, 9.17) is 0 Å². The van der Waals surface area contributed by atoms with Gasteiger partial charge >= 0.3 is 0 Å². The number of nitrogens with zero attached hydrogens (tertiary/aromatic N) is 4. The highest BCUT2D eigenvalue weighted by Crippen LogP contribution is 2.26. The largest absolute Gasteiger partial charge is 0.507 e. The molecule has 3 aromatic rings. The standard InChI is InChI=1S/C20H21N5O/c1-14-12-19(23-20(22-14)17-6-4-5-7-18(17)26)24-21-13-15-8-10-16(11-9-15)25(2)3/h4-13,26H,1-3H3,(H,22,23,24)/b21-13-. The van der Waals surface area contributed by atoms with Crippen molar-refractivity contribution in [3.8, 4) is 17.1 Å².